The lowest BCUT2D eigenvalue weighted by atomic mass is 9.89. The molecule has 26 heavy (non-hydrogen) atoms. The third kappa shape index (κ3) is 3.27. The number of carbonyl (C=O) groups excluding carboxylic acids is 2. The van der Waals surface area contributed by atoms with Crippen LogP contribution in [0.1, 0.15) is 17.9 Å². The Bertz CT molecular complexity index is 846. The number of benzene rings is 2. The van der Waals surface area contributed by atoms with E-state index in [1.54, 1.807) is 0 Å². The second-order valence-corrected chi connectivity index (χ2v) is 7.12. The van der Waals surface area contributed by atoms with Crippen LogP contribution in [-0.2, 0) is 9.59 Å². The SMILES string of the molecule is O=C1CC(C(=O)N2CCN(c3cccc(Cl)c3)CC2)c2ccccc2N1. The fourth-order valence-corrected chi connectivity index (χ4v) is 3.89. The number of nitrogens with zero attached hydrogens (tertiary/aromatic N) is 2. The summed E-state index contributed by atoms with van der Waals surface area (Å²) < 4.78 is 0. The summed E-state index contributed by atoms with van der Waals surface area (Å²) in [5.41, 5.74) is 2.74. The van der Waals surface area contributed by atoms with Crippen molar-refractivity contribution in [3.8, 4) is 0 Å². The Kier molecular flexibility index (Phi) is 4.55. The van der Waals surface area contributed by atoms with Crippen LogP contribution in [0.5, 0.6) is 0 Å². The van der Waals surface area contributed by atoms with Crippen LogP contribution in [0.4, 0.5) is 11.4 Å². The number of hydrogen-bond acceptors (Lipinski definition) is 3. The van der Waals surface area contributed by atoms with Crippen molar-refractivity contribution in [2.75, 3.05) is 36.4 Å². The highest BCUT2D eigenvalue weighted by molar-refractivity contribution is 6.30. The highest BCUT2D eigenvalue weighted by atomic mass is 35.5. The van der Waals surface area contributed by atoms with Crippen molar-refractivity contribution in [3.05, 3.63) is 59.1 Å². The van der Waals surface area contributed by atoms with Crippen LogP contribution in [-0.4, -0.2) is 42.9 Å². The number of fused-ring (bicyclic) bond motifs is 1. The first-order valence-electron chi connectivity index (χ1n) is 8.80. The van der Waals surface area contributed by atoms with Crippen LogP contribution in [0.25, 0.3) is 0 Å². The number of halogens is 1. The van der Waals surface area contributed by atoms with Gasteiger partial charge in [0.15, 0.2) is 0 Å². The van der Waals surface area contributed by atoms with Gasteiger partial charge >= 0.3 is 0 Å². The van der Waals surface area contributed by atoms with Gasteiger partial charge in [0.05, 0.1) is 5.92 Å². The Hall–Kier alpha value is -2.53. The van der Waals surface area contributed by atoms with E-state index < -0.39 is 5.92 Å². The van der Waals surface area contributed by atoms with Crippen molar-refractivity contribution in [1.29, 1.82) is 0 Å². The predicted octanol–water partition coefficient (Wildman–Crippen LogP) is 3.11. The van der Waals surface area contributed by atoms with Crippen molar-refractivity contribution in [1.82, 2.24) is 4.90 Å². The van der Waals surface area contributed by atoms with Gasteiger partial charge in [-0.3, -0.25) is 9.59 Å². The van der Waals surface area contributed by atoms with Gasteiger partial charge in [-0.15, -0.1) is 0 Å². The van der Waals surface area contributed by atoms with E-state index in [4.69, 9.17) is 11.6 Å². The molecule has 1 N–H and O–H groups in total. The first-order chi connectivity index (χ1) is 12.6. The van der Waals surface area contributed by atoms with E-state index in [-0.39, 0.29) is 18.2 Å². The van der Waals surface area contributed by atoms with Gasteiger partial charge in [-0.2, -0.15) is 0 Å². The summed E-state index contributed by atoms with van der Waals surface area (Å²) in [5, 5.41) is 3.56. The Balaban J connectivity index is 1.46. The maximum Gasteiger partial charge on any atom is 0.230 e. The maximum absolute atomic E-state index is 13.1. The molecule has 4 rings (SSSR count). The number of rotatable bonds is 2. The number of carbonyl (C=O) groups is 2. The summed E-state index contributed by atoms with van der Waals surface area (Å²) in [4.78, 5) is 29.2. The molecular weight excluding hydrogens is 350 g/mol. The highest BCUT2D eigenvalue weighted by Crippen LogP contribution is 2.33. The molecular formula is C20H20ClN3O2. The maximum atomic E-state index is 13.1. The molecule has 2 amide bonds. The van der Waals surface area contributed by atoms with Gasteiger partial charge in [-0.05, 0) is 29.8 Å². The molecule has 0 spiro atoms. The second kappa shape index (κ2) is 7.00. The molecule has 2 aliphatic rings. The normalized spacial score (nSPS) is 19.7. The van der Waals surface area contributed by atoms with Crippen molar-refractivity contribution in [2.24, 2.45) is 0 Å². The van der Waals surface area contributed by atoms with Crippen LogP contribution >= 0.6 is 11.6 Å². The molecule has 0 bridgehead atoms. The van der Waals surface area contributed by atoms with Gasteiger partial charge in [0.1, 0.15) is 0 Å². The number of para-hydroxylation sites is 1. The molecule has 1 atom stereocenters. The van der Waals surface area contributed by atoms with Crippen molar-refractivity contribution in [3.63, 3.8) is 0 Å². The zero-order valence-corrected chi connectivity index (χ0v) is 15.1. The monoisotopic (exact) mass is 369 g/mol. The summed E-state index contributed by atoms with van der Waals surface area (Å²) in [7, 11) is 0. The molecule has 134 valence electrons. The Morgan fingerprint density at radius 2 is 1.81 bits per heavy atom. The van der Waals surface area contributed by atoms with Crippen LogP contribution < -0.4 is 10.2 Å². The fraction of sp³-hybridized carbons (Fsp3) is 0.300. The summed E-state index contributed by atoms with van der Waals surface area (Å²) >= 11 is 6.08. The van der Waals surface area contributed by atoms with Crippen LogP contribution in [0.2, 0.25) is 5.02 Å². The van der Waals surface area contributed by atoms with Crippen molar-refractivity contribution < 1.29 is 9.59 Å². The molecule has 1 saturated heterocycles. The van der Waals surface area contributed by atoms with E-state index in [1.165, 1.54) is 0 Å². The Morgan fingerprint density at radius 3 is 2.58 bits per heavy atom. The molecule has 2 aromatic rings. The molecule has 0 radical (unpaired) electrons. The van der Waals surface area contributed by atoms with Gasteiger partial charge in [0, 0.05) is 49.0 Å². The molecule has 1 fully saturated rings. The summed E-state index contributed by atoms with van der Waals surface area (Å²) in [5.74, 6) is -0.449. The average Bonchev–Trinajstić information content (AvgIpc) is 2.67. The van der Waals surface area contributed by atoms with Gasteiger partial charge in [0.2, 0.25) is 11.8 Å². The second-order valence-electron chi connectivity index (χ2n) is 6.68. The summed E-state index contributed by atoms with van der Waals surface area (Å²) in [6.45, 7) is 2.80. The third-order valence-electron chi connectivity index (χ3n) is 5.06. The van der Waals surface area contributed by atoms with Gasteiger partial charge in [-0.1, -0.05) is 35.9 Å². The summed E-state index contributed by atoms with van der Waals surface area (Å²) in [6, 6.07) is 15.3. The average molecular weight is 370 g/mol. The molecule has 5 nitrogen and oxygen atoms in total. The fourth-order valence-electron chi connectivity index (χ4n) is 3.71. The molecule has 0 saturated carbocycles. The van der Waals surface area contributed by atoms with Gasteiger partial charge in [0.25, 0.3) is 0 Å². The Labute approximate surface area is 157 Å². The topological polar surface area (TPSA) is 52.7 Å². The minimum atomic E-state index is -0.391. The Morgan fingerprint density at radius 1 is 1.04 bits per heavy atom. The number of hydrogen-bond donors (Lipinski definition) is 1. The number of anilines is 2. The third-order valence-corrected chi connectivity index (χ3v) is 5.30. The van der Waals surface area contributed by atoms with Crippen molar-refractivity contribution in [2.45, 2.75) is 12.3 Å². The molecule has 0 aliphatic carbocycles. The standard InChI is InChI=1S/C20H20ClN3O2/c21-14-4-3-5-15(12-14)23-8-10-24(11-9-23)20(26)17-13-19(25)22-18-7-2-1-6-16(17)18/h1-7,12,17H,8-11,13H2,(H,22,25). The smallest absolute Gasteiger partial charge is 0.230 e. The predicted molar refractivity (Wildman–Crippen MR) is 103 cm³/mol. The zero-order chi connectivity index (χ0) is 18.1. The van der Waals surface area contributed by atoms with Crippen LogP contribution in [0, 0.1) is 0 Å². The lowest BCUT2D eigenvalue weighted by Gasteiger charge is -2.38. The van der Waals surface area contributed by atoms with Crippen molar-refractivity contribution >= 4 is 34.8 Å². The van der Waals surface area contributed by atoms with E-state index in [9.17, 15) is 9.59 Å². The highest BCUT2D eigenvalue weighted by Gasteiger charge is 2.34. The van der Waals surface area contributed by atoms with E-state index in [1.807, 2.05) is 53.4 Å². The largest absolute Gasteiger partial charge is 0.368 e. The number of amides is 2. The lowest BCUT2D eigenvalue weighted by Crippen LogP contribution is -2.50. The van der Waals surface area contributed by atoms with E-state index in [0.717, 1.165) is 30.0 Å². The van der Waals surface area contributed by atoms with E-state index in [0.29, 0.717) is 18.1 Å². The first-order valence-corrected chi connectivity index (χ1v) is 9.18. The zero-order valence-electron chi connectivity index (χ0n) is 14.3. The van der Waals surface area contributed by atoms with Gasteiger partial charge in [-0.25, -0.2) is 0 Å². The van der Waals surface area contributed by atoms with Gasteiger partial charge < -0.3 is 15.1 Å². The van der Waals surface area contributed by atoms with E-state index in [2.05, 4.69) is 10.2 Å². The minimum Gasteiger partial charge on any atom is -0.368 e. The van der Waals surface area contributed by atoms with Crippen LogP contribution in [0.3, 0.4) is 0 Å². The quantitative estimate of drug-likeness (QED) is 0.884. The molecule has 6 heteroatoms. The number of piperazine rings is 1. The summed E-state index contributed by atoms with van der Waals surface area (Å²) in [6.07, 6.45) is 0.213. The molecule has 2 heterocycles. The molecule has 2 aliphatic heterocycles. The molecule has 2 aromatic carbocycles. The lowest BCUT2D eigenvalue weighted by molar-refractivity contribution is -0.135. The minimum absolute atomic E-state index is 0.0399. The van der Waals surface area contributed by atoms with E-state index >= 15 is 0 Å². The molecule has 0 aromatic heterocycles. The number of nitrogens with one attached hydrogen (secondary N) is 1. The first kappa shape index (κ1) is 16.9. The van der Waals surface area contributed by atoms with Crippen LogP contribution in [0.15, 0.2) is 48.5 Å². The molecule has 1 unspecified atom stereocenters.